The molecule has 0 N–H and O–H groups in total. The predicted octanol–water partition coefficient (Wildman–Crippen LogP) is 2.74. The Labute approximate surface area is 191 Å². The molecule has 0 atom stereocenters. The van der Waals surface area contributed by atoms with E-state index in [1.165, 1.54) is 16.9 Å². The minimum absolute atomic E-state index is 0.00681. The summed E-state index contributed by atoms with van der Waals surface area (Å²) in [7, 11) is 0. The van der Waals surface area contributed by atoms with E-state index in [2.05, 4.69) is 22.0 Å². The Balaban J connectivity index is 1.17. The molecular formula is C23H29N5O3S. The van der Waals surface area contributed by atoms with Gasteiger partial charge in [-0.3, -0.25) is 14.5 Å². The van der Waals surface area contributed by atoms with Crippen LogP contribution in [-0.2, 0) is 17.8 Å². The molecule has 0 unspecified atom stereocenters. The molecule has 2 aromatic heterocycles. The maximum Gasteiger partial charge on any atom is 0.307 e. The summed E-state index contributed by atoms with van der Waals surface area (Å²) < 4.78 is 7.09. The van der Waals surface area contributed by atoms with E-state index in [0.717, 1.165) is 56.8 Å². The topological polar surface area (TPSA) is 84.5 Å². The van der Waals surface area contributed by atoms with Crippen LogP contribution in [0.5, 0.6) is 0 Å². The first-order chi connectivity index (χ1) is 15.5. The number of aromatic nitrogens is 3. The molecule has 8 nitrogen and oxygen atoms in total. The lowest BCUT2D eigenvalue weighted by atomic mass is 10.1. The van der Waals surface area contributed by atoms with E-state index in [1.54, 1.807) is 4.57 Å². The zero-order chi connectivity index (χ0) is 22.5. The van der Waals surface area contributed by atoms with Crippen LogP contribution in [0.15, 0.2) is 39.0 Å². The fourth-order valence-electron chi connectivity index (χ4n) is 3.89. The fraction of sp³-hybridized carbons (Fsp3) is 0.478. The molecule has 1 aromatic carbocycles. The van der Waals surface area contributed by atoms with Crippen LogP contribution in [0.1, 0.15) is 30.0 Å². The molecular weight excluding hydrogens is 426 g/mol. The van der Waals surface area contributed by atoms with Crippen molar-refractivity contribution in [3.05, 3.63) is 56.5 Å². The highest BCUT2D eigenvalue weighted by Crippen LogP contribution is 2.17. The number of nitrogens with zero attached hydrogens (tertiary/aromatic N) is 5. The third-order valence-electron chi connectivity index (χ3n) is 5.89. The number of amides is 1. The summed E-state index contributed by atoms with van der Waals surface area (Å²) in [5.74, 6) is 1.41. The normalized spacial score (nSPS) is 14.8. The monoisotopic (exact) mass is 455 g/mol. The SMILES string of the molecule is Cc1ccc(-c2noc(CCCN3CCN(C(=O)CCn4c(C)csc4=O)CC3)n2)cc1. The quantitative estimate of drug-likeness (QED) is 0.519. The van der Waals surface area contributed by atoms with Crippen molar-refractivity contribution in [3.63, 3.8) is 0 Å². The summed E-state index contributed by atoms with van der Waals surface area (Å²) in [5, 5.41) is 5.93. The number of carbonyl (C=O) groups excluding carboxylic acids is 1. The number of thiazole rings is 1. The third-order valence-corrected chi connectivity index (χ3v) is 6.77. The highest BCUT2D eigenvalue weighted by molar-refractivity contribution is 7.07. The summed E-state index contributed by atoms with van der Waals surface area (Å²) in [6.07, 6.45) is 2.05. The smallest absolute Gasteiger partial charge is 0.307 e. The Bertz CT molecular complexity index is 1090. The van der Waals surface area contributed by atoms with Crippen molar-refractivity contribution in [2.75, 3.05) is 32.7 Å². The van der Waals surface area contributed by atoms with E-state index >= 15 is 0 Å². The van der Waals surface area contributed by atoms with Gasteiger partial charge in [0.2, 0.25) is 17.6 Å². The number of hydrogen-bond acceptors (Lipinski definition) is 7. The summed E-state index contributed by atoms with van der Waals surface area (Å²) in [6.45, 7) is 8.54. The maximum absolute atomic E-state index is 12.5. The van der Waals surface area contributed by atoms with Crippen molar-refractivity contribution in [1.29, 1.82) is 0 Å². The van der Waals surface area contributed by atoms with Crippen molar-refractivity contribution >= 4 is 17.2 Å². The number of benzene rings is 1. The minimum Gasteiger partial charge on any atom is -0.340 e. The summed E-state index contributed by atoms with van der Waals surface area (Å²) in [4.78, 5) is 33.1. The molecule has 4 rings (SSSR count). The maximum atomic E-state index is 12.5. The van der Waals surface area contributed by atoms with Gasteiger partial charge in [0.25, 0.3) is 0 Å². The van der Waals surface area contributed by atoms with Gasteiger partial charge in [-0.05, 0) is 26.8 Å². The van der Waals surface area contributed by atoms with E-state index in [0.29, 0.717) is 24.7 Å². The number of hydrogen-bond donors (Lipinski definition) is 0. The molecule has 9 heteroatoms. The predicted molar refractivity (Wildman–Crippen MR) is 124 cm³/mol. The van der Waals surface area contributed by atoms with Crippen LogP contribution in [0.25, 0.3) is 11.4 Å². The van der Waals surface area contributed by atoms with E-state index in [4.69, 9.17) is 4.52 Å². The number of rotatable bonds is 8. The number of aryl methyl sites for hydroxylation is 3. The van der Waals surface area contributed by atoms with Gasteiger partial charge in [0.1, 0.15) is 0 Å². The van der Waals surface area contributed by atoms with Crippen LogP contribution in [0.2, 0.25) is 0 Å². The average Bonchev–Trinajstić information content (AvgIpc) is 3.39. The lowest BCUT2D eigenvalue weighted by Crippen LogP contribution is -2.49. The Morgan fingerprint density at radius 1 is 1.09 bits per heavy atom. The molecule has 3 heterocycles. The molecule has 0 aliphatic carbocycles. The van der Waals surface area contributed by atoms with Crippen LogP contribution in [0.3, 0.4) is 0 Å². The fourth-order valence-corrected chi connectivity index (χ4v) is 4.65. The Morgan fingerprint density at radius 3 is 2.53 bits per heavy atom. The van der Waals surface area contributed by atoms with E-state index in [1.807, 2.05) is 41.5 Å². The van der Waals surface area contributed by atoms with Gasteiger partial charge >= 0.3 is 4.87 Å². The van der Waals surface area contributed by atoms with E-state index < -0.39 is 0 Å². The van der Waals surface area contributed by atoms with Crippen LogP contribution in [-0.4, -0.2) is 63.1 Å². The zero-order valence-corrected chi connectivity index (χ0v) is 19.4. The Kier molecular flexibility index (Phi) is 7.16. The average molecular weight is 456 g/mol. The van der Waals surface area contributed by atoms with Crippen LogP contribution in [0, 0.1) is 13.8 Å². The van der Waals surface area contributed by atoms with Crippen molar-refractivity contribution in [1.82, 2.24) is 24.5 Å². The van der Waals surface area contributed by atoms with Gasteiger partial charge in [0.15, 0.2) is 0 Å². The van der Waals surface area contributed by atoms with Gasteiger partial charge in [-0.15, -0.1) is 0 Å². The summed E-state index contributed by atoms with van der Waals surface area (Å²) in [5.41, 5.74) is 3.09. The van der Waals surface area contributed by atoms with Gasteiger partial charge < -0.3 is 14.0 Å². The lowest BCUT2D eigenvalue weighted by molar-refractivity contribution is -0.133. The first kappa shape index (κ1) is 22.4. The first-order valence-electron chi connectivity index (χ1n) is 11.0. The van der Waals surface area contributed by atoms with Crippen molar-refractivity contribution in [3.8, 4) is 11.4 Å². The van der Waals surface area contributed by atoms with E-state index in [-0.39, 0.29) is 10.8 Å². The molecule has 1 aliphatic rings. The van der Waals surface area contributed by atoms with Gasteiger partial charge in [-0.1, -0.05) is 46.3 Å². The molecule has 1 saturated heterocycles. The highest BCUT2D eigenvalue weighted by atomic mass is 32.1. The lowest BCUT2D eigenvalue weighted by Gasteiger charge is -2.34. The molecule has 32 heavy (non-hydrogen) atoms. The first-order valence-corrected chi connectivity index (χ1v) is 11.9. The Hall–Kier alpha value is -2.78. The molecule has 0 radical (unpaired) electrons. The van der Waals surface area contributed by atoms with Crippen molar-refractivity contribution < 1.29 is 9.32 Å². The molecule has 1 fully saturated rings. The molecule has 3 aromatic rings. The zero-order valence-electron chi connectivity index (χ0n) is 18.6. The molecule has 0 bridgehead atoms. The van der Waals surface area contributed by atoms with Gasteiger partial charge in [0, 0.05) is 62.2 Å². The summed E-state index contributed by atoms with van der Waals surface area (Å²) in [6, 6.07) is 8.09. The minimum atomic E-state index is 0.00681. The second-order valence-electron chi connectivity index (χ2n) is 8.25. The largest absolute Gasteiger partial charge is 0.340 e. The third kappa shape index (κ3) is 5.52. The van der Waals surface area contributed by atoms with E-state index in [9.17, 15) is 9.59 Å². The molecule has 0 saturated carbocycles. The highest BCUT2D eigenvalue weighted by Gasteiger charge is 2.21. The molecule has 0 spiro atoms. The Morgan fingerprint density at radius 2 is 1.84 bits per heavy atom. The number of piperazine rings is 1. The van der Waals surface area contributed by atoms with Gasteiger partial charge in [-0.2, -0.15) is 4.98 Å². The molecule has 170 valence electrons. The van der Waals surface area contributed by atoms with Crippen molar-refractivity contribution in [2.45, 2.75) is 39.7 Å². The summed E-state index contributed by atoms with van der Waals surface area (Å²) >= 11 is 1.19. The van der Waals surface area contributed by atoms with Crippen LogP contribution in [0.4, 0.5) is 0 Å². The van der Waals surface area contributed by atoms with Crippen molar-refractivity contribution in [2.24, 2.45) is 0 Å². The second kappa shape index (κ2) is 10.2. The van der Waals surface area contributed by atoms with Gasteiger partial charge in [0.05, 0.1) is 0 Å². The van der Waals surface area contributed by atoms with Crippen LogP contribution >= 0.6 is 11.3 Å². The number of carbonyl (C=O) groups is 1. The standard InChI is InChI=1S/C23H29N5O3S/c1-17-5-7-19(8-6-17)22-24-20(31-25-22)4-3-10-26-12-14-27(15-13-26)21(29)9-11-28-18(2)16-32-23(28)30/h5-8,16H,3-4,9-15H2,1-2H3. The molecule has 1 amide bonds. The van der Waals surface area contributed by atoms with Gasteiger partial charge in [-0.25, -0.2) is 0 Å². The second-order valence-corrected chi connectivity index (χ2v) is 9.07. The molecule has 1 aliphatic heterocycles. The van der Waals surface area contributed by atoms with Crippen LogP contribution < -0.4 is 4.87 Å².